The van der Waals surface area contributed by atoms with Gasteiger partial charge in [-0.05, 0) is 11.6 Å². The van der Waals surface area contributed by atoms with Crippen molar-refractivity contribution in [2.45, 2.75) is 6.04 Å². The third kappa shape index (κ3) is 2.25. The predicted molar refractivity (Wildman–Crippen MR) is 61.8 cm³/mol. The van der Waals surface area contributed by atoms with E-state index in [1.165, 1.54) is 0 Å². The van der Waals surface area contributed by atoms with Gasteiger partial charge in [-0.25, -0.2) is 0 Å². The van der Waals surface area contributed by atoms with Crippen molar-refractivity contribution in [3.8, 4) is 0 Å². The molecule has 1 aliphatic rings. The van der Waals surface area contributed by atoms with Crippen LogP contribution in [0, 0.1) is 0 Å². The smallest absolute Gasteiger partial charge is 0.239 e. The van der Waals surface area contributed by atoms with Gasteiger partial charge in [-0.15, -0.1) is 0 Å². The Kier molecular flexibility index (Phi) is 3.26. The minimum Gasteiger partial charge on any atom is -0.368 e. The number of aromatic nitrogens is 1. The van der Waals surface area contributed by atoms with Crippen molar-refractivity contribution in [2.75, 3.05) is 26.2 Å². The molecule has 0 aromatic carbocycles. The molecule has 0 bridgehead atoms. The third-order valence-electron chi connectivity index (χ3n) is 2.96. The summed E-state index contributed by atoms with van der Waals surface area (Å²) in [6.07, 6.45) is 3.89. The highest BCUT2D eigenvalue weighted by molar-refractivity contribution is 5.81. The van der Waals surface area contributed by atoms with E-state index in [9.17, 15) is 4.79 Å². The average molecular weight is 222 g/mol. The van der Waals surface area contributed by atoms with Crippen molar-refractivity contribution in [1.29, 1.82) is 0 Å². The average Bonchev–Trinajstić information content (AvgIpc) is 2.66. The van der Waals surface area contributed by atoms with Crippen LogP contribution in [0.3, 0.4) is 0 Å². The zero-order chi connectivity index (χ0) is 11.5. The van der Waals surface area contributed by atoms with Gasteiger partial charge in [0.15, 0.2) is 0 Å². The molecule has 0 aliphatic carbocycles. The van der Waals surface area contributed by atoms with Gasteiger partial charge in [0, 0.05) is 45.6 Å². The maximum atomic E-state index is 11.6. The van der Waals surface area contributed by atoms with E-state index in [2.05, 4.69) is 10.2 Å². The zero-order valence-corrected chi connectivity index (χ0v) is 9.52. The fraction of sp³-hybridized carbons (Fsp3) is 0.545. The summed E-state index contributed by atoms with van der Waals surface area (Å²) in [6.45, 7) is 3.55. The molecule has 1 aromatic heterocycles. The molecule has 1 aromatic rings. The van der Waals surface area contributed by atoms with E-state index in [1.807, 2.05) is 30.1 Å². The van der Waals surface area contributed by atoms with E-state index in [0.29, 0.717) is 0 Å². The molecule has 16 heavy (non-hydrogen) atoms. The number of rotatable bonds is 3. The van der Waals surface area contributed by atoms with Crippen LogP contribution in [0.2, 0.25) is 0 Å². The topological polar surface area (TPSA) is 63.3 Å². The van der Waals surface area contributed by atoms with Crippen molar-refractivity contribution in [3.05, 3.63) is 24.0 Å². The third-order valence-corrected chi connectivity index (χ3v) is 2.96. The van der Waals surface area contributed by atoms with Crippen LogP contribution in [0.4, 0.5) is 0 Å². The molecule has 1 aliphatic heterocycles. The molecule has 1 atom stereocenters. The first kappa shape index (κ1) is 11.2. The molecule has 1 unspecified atom stereocenters. The molecule has 5 nitrogen and oxygen atoms in total. The summed E-state index contributed by atoms with van der Waals surface area (Å²) < 4.78 is 1.94. The lowest BCUT2D eigenvalue weighted by Gasteiger charge is -2.32. The van der Waals surface area contributed by atoms with Gasteiger partial charge in [0.25, 0.3) is 0 Å². The van der Waals surface area contributed by atoms with E-state index in [0.717, 1.165) is 31.7 Å². The summed E-state index contributed by atoms with van der Waals surface area (Å²) in [5, 5.41) is 3.27. The lowest BCUT2D eigenvalue weighted by Crippen LogP contribution is -2.48. The second kappa shape index (κ2) is 4.67. The molecule has 88 valence electrons. The summed E-state index contributed by atoms with van der Waals surface area (Å²) in [7, 11) is 1.94. The number of primary amides is 1. The Morgan fingerprint density at radius 3 is 2.69 bits per heavy atom. The van der Waals surface area contributed by atoms with Crippen LogP contribution >= 0.6 is 0 Å². The van der Waals surface area contributed by atoms with Gasteiger partial charge >= 0.3 is 0 Å². The van der Waals surface area contributed by atoms with E-state index in [4.69, 9.17) is 5.73 Å². The largest absolute Gasteiger partial charge is 0.368 e. The molecular weight excluding hydrogens is 204 g/mol. The maximum absolute atomic E-state index is 11.6. The summed E-state index contributed by atoms with van der Waals surface area (Å²) in [6, 6.07) is 1.67. The number of carbonyl (C=O) groups excluding carboxylic acids is 1. The number of amides is 1. The molecule has 5 heteroatoms. The number of nitrogens with zero attached hydrogens (tertiary/aromatic N) is 2. The van der Waals surface area contributed by atoms with Crippen molar-refractivity contribution in [2.24, 2.45) is 12.8 Å². The predicted octanol–water partition coefficient (Wildman–Crippen LogP) is -0.543. The second-order valence-electron chi connectivity index (χ2n) is 4.20. The number of hydrogen-bond donors (Lipinski definition) is 2. The highest BCUT2D eigenvalue weighted by atomic mass is 16.1. The molecular formula is C11H18N4O. The SMILES string of the molecule is Cn1ccc(C(C(N)=O)N2CCNCC2)c1. The van der Waals surface area contributed by atoms with Crippen LogP contribution < -0.4 is 11.1 Å². The van der Waals surface area contributed by atoms with Crippen LogP contribution in [0.15, 0.2) is 18.5 Å². The molecule has 0 radical (unpaired) electrons. The number of carbonyl (C=O) groups is 1. The Morgan fingerprint density at radius 2 is 2.19 bits per heavy atom. The Balaban J connectivity index is 2.19. The van der Waals surface area contributed by atoms with Crippen LogP contribution in [0.25, 0.3) is 0 Å². The van der Waals surface area contributed by atoms with Crippen molar-refractivity contribution in [1.82, 2.24) is 14.8 Å². The standard InChI is InChI=1S/C11H18N4O/c1-14-5-2-9(8-14)10(11(12)16)15-6-3-13-4-7-15/h2,5,8,10,13H,3-4,6-7H2,1H3,(H2,12,16). The lowest BCUT2D eigenvalue weighted by molar-refractivity contribution is -0.123. The van der Waals surface area contributed by atoms with Crippen LogP contribution in [0.1, 0.15) is 11.6 Å². The summed E-state index contributed by atoms with van der Waals surface area (Å²) >= 11 is 0. The van der Waals surface area contributed by atoms with E-state index in [1.54, 1.807) is 0 Å². The minimum absolute atomic E-state index is 0.270. The molecule has 1 amide bonds. The molecule has 1 saturated heterocycles. The Labute approximate surface area is 95.2 Å². The Bertz CT molecular complexity index is 368. The van der Waals surface area contributed by atoms with Gasteiger partial charge in [0.1, 0.15) is 6.04 Å². The molecule has 3 N–H and O–H groups in total. The fourth-order valence-electron chi connectivity index (χ4n) is 2.18. The lowest BCUT2D eigenvalue weighted by atomic mass is 10.1. The Morgan fingerprint density at radius 1 is 1.50 bits per heavy atom. The molecule has 2 rings (SSSR count). The number of nitrogens with two attached hydrogens (primary N) is 1. The number of nitrogens with one attached hydrogen (secondary N) is 1. The zero-order valence-electron chi connectivity index (χ0n) is 9.52. The van der Waals surface area contributed by atoms with E-state index in [-0.39, 0.29) is 11.9 Å². The molecule has 2 heterocycles. The number of hydrogen-bond acceptors (Lipinski definition) is 3. The van der Waals surface area contributed by atoms with Crippen LogP contribution in [-0.2, 0) is 11.8 Å². The first-order valence-corrected chi connectivity index (χ1v) is 5.54. The summed E-state index contributed by atoms with van der Waals surface area (Å²) in [5.41, 5.74) is 6.48. The summed E-state index contributed by atoms with van der Waals surface area (Å²) in [4.78, 5) is 13.7. The quantitative estimate of drug-likeness (QED) is 0.722. The van der Waals surface area contributed by atoms with Crippen LogP contribution in [-0.4, -0.2) is 41.6 Å². The van der Waals surface area contributed by atoms with E-state index < -0.39 is 0 Å². The van der Waals surface area contributed by atoms with Crippen molar-refractivity contribution >= 4 is 5.91 Å². The normalized spacial score (nSPS) is 19.6. The van der Waals surface area contributed by atoms with Gasteiger partial charge in [-0.3, -0.25) is 9.69 Å². The van der Waals surface area contributed by atoms with Crippen molar-refractivity contribution < 1.29 is 4.79 Å². The van der Waals surface area contributed by atoms with Gasteiger partial charge in [-0.1, -0.05) is 0 Å². The number of piperazine rings is 1. The molecule has 1 fully saturated rings. The monoisotopic (exact) mass is 222 g/mol. The molecule has 0 saturated carbocycles. The van der Waals surface area contributed by atoms with E-state index >= 15 is 0 Å². The van der Waals surface area contributed by atoms with Crippen molar-refractivity contribution in [3.63, 3.8) is 0 Å². The van der Waals surface area contributed by atoms with Gasteiger partial charge in [-0.2, -0.15) is 0 Å². The number of aryl methyl sites for hydroxylation is 1. The second-order valence-corrected chi connectivity index (χ2v) is 4.20. The highest BCUT2D eigenvalue weighted by Crippen LogP contribution is 2.20. The summed E-state index contributed by atoms with van der Waals surface area (Å²) in [5.74, 6) is -0.270. The molecule has 0 spiro atoms. The highest BCUT2D eigenvalue weighted by Gasteiger charge is 2.27. The van der Waals surface area contributed by atoms with Gasteiger partial charge in [0.05, 0.1) is 0 Å². The maximum Gasteiger partial charge on any atom is 0.239 e. The van der Waals surface area contributed by atoms with Gasteiger partial charge < -0.3 is 15.6 Å². The Hall–Kier alpha value is -1.33. The first-order valence-electron chi connectivity index (χ1n) is 5.54. The fourth-order valence-corrected chi connectivity index (χ4v) is 2.18. The minimum atomic E-state index is -0.289. The van der Waals surface area contributed by atoms with Gasteiger partial charge in [0.2, 0.25) is 5.91 Å². The first-order chi connectivity index (χ1) is 7.68. The van der Waals surface area contributed by atoms with Crippen LogP contribution in [0.5, 0.6) is 0 Å².